The minimum Gasteiger partial charge on any atom is -0.400 e. The van der Waals surface area contributed by atoms with Crippen LogP contribution in [0.4, 0.5) is 0 Å². The van der Waals surface area contributed by atoms with Gasteiger partial charge in [-0.2, -0.15) is 0 Å². The number of aliphatic hydroxyl groups excluding tert-OH is 3. The largest absolute Gasteiger partial charge is 0.400 e. The number of carbonyl (C=O) groups is 1. The third-order valence-corrected chi connectivity index (χ3v) is 0.175. The van der Waals surface area contributed by atoms with E-state index in [1.54, 1.807) is 6.92 Å². The van der Waals surface area contributed by atoms with Gasteiger partial charge in [-0.25, -0.2) is 0 Å². The summed E-state index contributed by atoms with van der Waals surface area (Å²) in [4.78, 5) is 9.13. The molecule has 0 rings (SSSR count). The SMILES string of the molecule is CCO.CO.O=CNCO. The summed E-state index contributed by atoms with van der Waals surface area (Å²) >= 11 is 0. The maximum Gasteiger partial charge on any atom is 0.208 e. The molecule has 0 unspecified atom stereocenters. The topological polar surface area (TPSA) is 89.8 Å². The Hall–Kier alpha value is -0.650. The van der Waals surface area contributed by atoms with Gasteiger partial charge in [-0.1, -0.05) is 0 Å². The first-order chi connectivity index (χ1) is 4.83. The van der Waals surface area contributed by atoms with Gasteiger partial charge in [-0.3, -0.25) is 4.79 Å². The fourth-order valence-corrected chi connectivity index (χ4v) is 0.0373. The predicted octanol–water partition coefficient (Wildman–Crippen LogP) is -1.71. The van der Waals surface area contributed by atoms with E-state index in [0.717, 1.165) is 7.11 Å². The zero-order valence-electron chi connectivity index (χ0n) is 6.24. The number of carbonyl (C=O) groups excluding carboxylic acids is 1. The van der Waals surface area contributed by atoms with E-state index in [9.17, 15) is 0 Å². The summed E-state index contributed by atoms with van der Waals surface area (Å²) < 4.78 is 0. The van der Waals surface area contributed by atoms with E-state index in [4.69, 9.17) is 20.1 Å². The van der Waals surface area contributed by atoms with Crippen LogP contribution in [0.3, 0.4) is 0 Å². The first kappa shape index (κ1) is 16.2. The molecule has 5 heteroatoms. The first-order valence-electron chi connectivity index (χ1n) is 2.66. The van der Waals surface area contributed by atoms with Crippen molar-refractivity contribution >= 4 is 6.41 Å². The molecule has 5 nitrogen and oxygen atoms in total. The molecule has 10 heavy (non-hydrogen) atoms. The van der Waals surface area contributed by atoms with Crippen LogP contribution in [0.5, 0.6) is 0 Å². The van der Waals surface area contributed by atoms with Crippen molar-refractivity contribution in [3.63, 3.8) is 0 Å². The maximum atomic E-state index is 9.13. The van der Waals surface area contributed by atoms with Gasteiger partial charge in [0.1, 0.15) is 6.73 Å². The van der Waals surface area contributed by atoms with E-state index in [-0.39, 0.29) is 13.3 Å². The van der Waals surface area contributed by atoms with E-state index in [2.05, 4.69) is 0 Å². The Labute approximate surface area is 60.3 Å². The molecule has 0 saturated heterocycles. The summed E-state index contributed by atoms with van der Waals surface area (Å²) in [5.41, 5.74) is 0. The van der Waals surface area contributed by atoms with Crippen molar-refractivity contribution in [3.05, 3.63) is 0 Å². The molecular weight excluding hydrogens is 138 g/mol. The molecule has 0 aromatic carbocycles. The van der Waals surface area contributed by atoms with Crippen LogP contribution in [0.15, 0.2) is 0 Å². The number of rotatable bonds is 2. The van der Waals surface area contributed by atoms with Crippen LogP contribution in [0.25, 0.3) is 0 Å². The van der Waals surface area contributed by atoms with Crippen LogP contribution >= 0.6 is 0 Å². The monoisotopic (exact) mass is 153 g/mol. The van der Waals surface area contributed by atoms with Gasteiger partial charge in [0.15, 0.2) is 0 Å². The number of aliphatic hydroxyl groups is 3. The number of hydrogen-bond donors (Lipinski definition) is 4. The van der Waals surface area contributed by atoms with Gasteiger partial charge < -0.3 is 20.6 Å². The molecule has 0 aromatic rings. The minimum absolute atomic E-state index is 0.250. The molecule has 0 aromatic heterocycles. The fraction of sp³-hybridized carbons (Fsp3) is 0.800. The second-order valence-electron chi connectivity index (χ2n) is 0.796. The average molecular weight is 153 g/mol. The Balaban J connectivity index is -0.0000000847. The van der Waals surface area contributed by atoms with Crippen LogP contribution in [0.2, 0.25) is 0 Å². The van der Waals surface area contributed by atoms with Gasteiger partial charge in [0, 0.05) is 13.7 Å². The standard InChI is InChI=1S/C2H5NO2.C2H6O.CH4O/c4-1-3-2-5;1-2-3;1-2/h1,5H,2H2,(H,3,4);3H,2H2,1H3;2H,1H3. The van der Waals surface area contributed by atoms with E-state index in [0.29, 0.717) is 6.41 Å². The van der Waals surface area contributed by atoms with Crippen molar-refractivity contribution in [3.8, 4) is 0 Å². The van der Waals surface area contributed by atoms with Crippen molar-refractivity contribution in [2.75, 3.05) is 20.4 Å². The van der Waals surface area contributed by atoms with Crippen LogP contribution in [-0.4, -0.2) is 42.2 Å². The molecule has 0 saturated carbocycles. The highest BCUT2D eigenvalue weighted by Gasteiger charge is 1.59. The Morgan fingerprint density at radius 1 is 1.40 bits per heavy atom. The van der Waals surface area contributed by atoms with Gasteiger partial charge in [0.2, 0.25) is 6.41 Å². The lowest BCUT2D eigenvalue weighted by molar-refractivity contribution is -0.110. The highest BCUT2D eigenvalue weighted by Crippen LogP contribution is 1.30. The van der Waals surface area contributed by atoms with E-state index in [1.807, 2.05) is 5.32 Å². The van der Waals surface area contributed by atoms with Crippen LogP contribution in [0.1, 0.15) is 6.92 Å². The average Bonchev–Trinajstić information content (AvgIpc) is 1.96. The van der Waals surface area contributed by atoms with Crippen molar-refractivity contribution in [2.24, 2.45) is 0 Å². The smallest absolute Gasteiger partial charge is 0.208 e. The molecule has 0 spiro atoms. The summed E-state index contributed by atoms with van der Waals surface area (Å²) in [6.45, 7) is 1.66. The predicted molar refractivity (Wildman–Crippen MR) is 37.2 cm³/mol. The van der Waals surface area contributed by atoms with E-state index < -0.39 is 0 Å². The third kappa shape index (κ3) is 163. The molecule has 0 heterocycles. The highest BCUT2D eigenvalue weighted by atomic mass is 16.3. The third-order valence-electron chi connectivity index (χ3n) is 0.175. The van der Waals surface area contributed by atoms with Gasteiger partial charge in [0.25, 0.3) is 0 Å². The highest BCUT2D eigenvalue weighted by molar-refractivity contribution is 5.45. The number of amides is 1. The molecule has 0 radical (unpaired) electrons. The van der Waals surface area contributed by atoms with E-state index >= 15 is 0 Å². The first-order valence-corrected chi connectivity index (χ1v) is 2.66. The Bertz CT molecular complexity index is 42.6. The van der Waals surface area contributed by atoms with Gasteiger partial charge in [-0.15, -0.1) is 0 Å². The fourth-order valence-electron chi connectivity index (χ4n) is 0.0373. The molecule has 0 aliphatic rings. The lowest BCUT2D eigenvalue weighted by atomic mass is 10.9. The number of nitrogens with one attached hydrogen (secondary N) is 1. The van der Waals surface area contributed by atoms with Gasteiger partial charge in [0.05, 0.1) is 0 Å². The van der Waals surface area contributed by atoms with Crippen molar-refractivity contribution in [1.29, 1.82) is 0 Å². The van der Waals surface area contributed by atoms with Crippen molar-refractivity contribution in [2.45, 2.75) is 6.92 Å². The lowest BCUT2D eigenvalue weighted by Gasteiger charge is -1.78. The van der Waals surface area contributed by atoms with Crippen LogP contribution in [-0.2, 0) is 4.79 Å². The van der Waals surface area contributed by atoms with E-state index in [1.165, 1.54) is 0 Å². The Morgan fingerprint density at radius 3 is 1.70 bits per heavy atom. The Morgan fingerprint density at radius 2 is 1.70 bits per heavy atom. The van der Waals surface area contributed by atoms with Gasteiger partial charge >= 0.3 is 0 Å². The molecule has 0 aliphatic heterocycles. The van der Waals surface area contributed by atoms with Crippen LogP contribution in [0, 0.1) is 0 Å². The second kappa shape index (κ2) is 40.2. The lowest BCUT2D eigenvalue weighted by Crippen LogP contribution is -2.10. The molecule has 0 bridgehead atoms. The quantitative estimate of drug-likeness (QED) is 0.281. The van der Waals surface area contributed by atoms with Gasteiger partial charge in [-0.05, 0) is 6.92 Å². The Kier molecular flexibility index (Phi) is 65.0. The molecular formula is C5H15NO4. The molecule has 64 valence electrons. The van der Waals surface area contributed by atoms with Crippen molar-refractivity contribution < 1.29 is 20.1 Å². The molecule has 1 amide bonds. The summed E-state index contributed by atoms with van der Waals surface area (Å²) in [6, 6.07) is 0. The van der Waals surface area contributed by atoms with Crippen LogP contribution < -0.4 is 5.32 Å². The van der Waals surface area contributed by atoms with Crippen molar-refractivity contribution in [1.82, 2.24) is 5.32 Å². The second-order valence-corrected chi connectivity index (χ2v) is 0.796. The molecule has 4 N–H and O–H groups in total. The summed E-state index contributed by atoms with van der Waals surface area (Å²) in [7, 11) is 1.00. The number of hydrogen-bond acceptors (Lipinski definition) is 4. The maximum absolute atomic E-state index is 9.13. The zero-order valence-corrected chi connectivity index (χ0v) is 6.24. The summed E-state index contributed by atoms with van der Waals surface area (Å²) in [5, 5.41) is 24.3. The normalized spacial score (nSPS) is 5.70. The summed E-state index contributed by atoms with van der Waals surface area (Å²) in [6.07, 6.45) is 0.431. The minimum atomic E-state index is -0.274. The summed E-state index contributed by atoms with van der Waals surface area (Å²) in [5.74, 6) is 0. The molecule has 0 aliphatic carbocycles. The molecule has 0 atom stereocenters. The molecule has 0 fully saturated rings. The zero-order chi connectivity index (χ0) is 8.83.